The Morgan fingerprint density at radius 1 is 0.273 bits per heavy atom. The first kappa shape index (κ1) is 97.1. The van der Waals surface area contributed by atoms with E-state index in [-0.39, 0.29) is 25.7 Å². The number of hydrogen-bond acceptors (Lipinski definition) is 15. The van der Waals surface area contributed by atoms with Gasteiger partial charge in [-0.05, 0) is 43.4 Å². The van der Waals surface area contributed by atoms with Gasteiger partial charge in [0.2, 0.25) is 0 Å². The van der Waals surface area contributed by atoms with E-state index in [2.05, 4.69) is 48.5 Å². The molecule has 0 radical (unpaired) electrons. The Balaban J connectivity index is 5.25. The average Bonchev–Trinajstić information content (AvgIpc) is 2.47. The summed E-state index contributed by atoms with van der Waals surface area (Å²) in [5.41, 5.74) is 0. The number of aliphatic hydroxyl groups excluding tert-OH is 1. The second kappa shape index (κ2) is 70.4. The molecule has 0 aromatic heterocycles. The number of phosphoric acid groups is 2. The summed E-state index contributed by atoms with van der Waals surface area (Å²) in [6.45, 7) is 11.9. The molecular weight excluding hydrogens is 1290 g/mol. The number of aliphatic hydroxyl groups is 1. The van der Waals surface area contributed by atoms with Crippen molar-refractivity contribution in [3.63, 3.8) is 0 Å². The molecule has 0 aliphatic rings. The SMILES string of the molecule is CCCCCCCCCCCCCCCCCCCCCC(=O)O[C@H](COC(=O)CCCCCCCCCCCCCCC(C)C)COP(=O)(O)OC[C@@H](O)COP(=O)(O)OC[C@@H](COC(=O)CCCCCCCCCCCC(C)C)OC(=O)CCCCCCCCCCCCC(C)C. The molecule has 3 N–H and O–H groups in total. The number of carbonyl (C=O) groups excluding carboxylic acids is 4. The number of esters is 4. The van der Waals surface area contributed by atoms with Crippen LogP contribution in [0.25, 0.3) is 0 Å². The fourth-order valence-corrected chi connectivity index (χ4v) is 13.9. The topological polar surface area (TPSA) is 237 Å². The lowest BCUT2D eigenvalue weighted by Gasteiger charge is -2.21. The van der Waals surface area contributed by atoms with Crippen molar-refractivity contribution in [1.82, 2.24) is 0 Å². The Morgan fingerprint density at radius 3 is 0.687 bits per heavy atom. The highest BCUT2D eigenvalue weighted by atomic mass is 31.2. The Bertz CT molecular complexity index is 1920. The average molecular weight is 1450 g/mol. The van der Waals surface area contributed by atoms with Gasteiger partial charge in [-0.2, -0.15) is 0 Å². The Hall–Kier alpha value is -1.94. The first-order valence-corrected chi connectivity index (χ1v) is 44.3. The molecule has 0 fully saturated rings. The predicted molar refractivity (Wildman–Crippen MR) is 405 cm³/mol. The summed E-state index contributed by atoms with van der Waals surface area (Å²) in [5, 5.41) is 10.6. The molecule has 2 unspecified atom stereocenters. The van der Waals surface area contributed by atoms with Gasteiger partial charge < -0.3 is 33.8 Å². The van der Waals surface area contributed by atoms with Gasteiger partial charge in [0.15, 0.2) is 12.2 Å². The van der Waals surface area contributed by atoms with Crippen molar-refractivity contribution in [3.05, 3.63) is 0 Å². The van der Waals surface area contributed by atoms with Gasteiger partial charge in [0.1, 0.15) is 19.3 Å². The van der Waals surface area contributed by atoms with E-state index in [1.807, 2.05) is 0 Å². The summed E-state index contributed by atoms with van der Waals surface area (Å²) in [4.78, 5) is 73.0. The number of hydrogen-bond donors (Lipinski definition) is 3. The first-order valence-electron chi connectivity index (χ1n) is 41.3. The summed E-state index contributed by atoms with van der Waals surface area (Å²) >= 11 is 0. The summed E-state index contributed by atoms with van der Waals surface area (Å²) < 4.78 is 68.7. The van der Waals surface area contributed by atoms with Crippen LogP contribution in [0.4, 0.5) is 0 Å². The van der Waals surface area contributed by atoms with Crippen molar-refractivity contribution in [2.24, 2.45) is 17.8 Å². The summed E-state index contributed by atoms with van der Waals surface area (Å²) in [7, 11) is -9.92. The molecule has 0 aliphatic carbocycles. The second-order valence-corrected chi connectivity index (χ2v) is 33.1. The minimum atomic E-state index is -4.96. The molecule has 0 amide bonds. The molecule has 0 saturated carbocycles. The fourth-order valence-electron chi connectivity index (χ4n) is 12.3. The van der Waals surface area contributed by atoms with Crippen LogP contribution in [0.5, 0.6) is 0 Å². The van der Waals surface area contributed by atoms with Gasteiger partial charge in [-0.15, -0.1) is 0 Å². The lowest BCUT2D eigenvalue weighted by molar-refractivity contribution is -0.161. The highest BCUT2D eigenvalue weighted by Gasteiger charge is 2.30. The third-order valence-corrected chi connectivity index (χ3v) is 20.5. The molecular formula is C80H156O17P2. The van der Waals surface area contributed by atoms with Gasteiger partial charge in [-0.25, -0.2) is 9.13 Å². The third kappa shape index (κ3) is 74.1. The van der Waals surface area contributed by atoms with E-state index in [9.17, 15) is 43.2 Å². The van der Waals surface area contributed by atoms with E-state index < -0.39 is 97.5 Å². The van der Waals surface area contributed by atoms with Crippen molar-refractivity contribution in [3.8, 4) is 0 Å². The van der Waals surface area contributed by atoms with E-state index in [1.165, 1.54) is 225 Å². The van der Waals surface area contributed by atoms with E-state index >= 15 is 0 Å². The molecule has 0 rings (SSSR count). The third-order valence-electron chi connectivity index (χ3n) is 18.6. The van der Waals surface area contributed by atoms with Gasteiger partial charge in [-0.3, -0.25) is 37.3 Å². The maximum atomic E-state index is 13.1. The minimum Gasteiger partial charge on any atom is -0.462 e. The smallest absolute Gasteiger partial charge is 0.462 e. The molecule has 588 valence electrons. The second-order valence-electron chi connectivity index (χ2n) is 30.2. The fraction of sp³-hybridized carbons (Fsp3) is 0.950. The van der Waals surface area contributed by atoms with Crippen LogP contribution < -0.4 is 0 Å². The van der Waals surface area contributed by atoms with Crippen molar-refractivity contribution < 1.29 is 80.2 Å². The molecule has 0 aromatic rings. The molecule has 17 nitrogen and oxygen atoms in total. The lowest BCUT2D eigenvalue weighted by Crippen LogP contribution is -2.30. The number of ether oxygens (including phenoxy) is 4. The van der Waals surface area contributed by atoms with Crippen molar-refractivity contribution in [1.29, 1.82) is 0 Å². The Labute approximate surface area is 607 Å². The van der Waals surface area contributed by atoms with Gasteiger partial charge in [0.05, 0.1) is 26.4 Å². The van der Waals surface area contributed by atoms with E-state index in [4.69, 9.17) is 37.0 Å². The molecule has 0 heterocycles. The number of carbonyl (C=O) groups is 4. The maximum Gasteiger partial charge on any atom is 0.472 e. The van der Waals surface area contributed by atoms with Crippen LogP contribution in [-0.4, -0.2) is 96.7 Å². The van der Waals surface area contributed by atoms with E-state index in [0.717, 1.165) is 108 Å². The van der Waals surface area contributed by atoms with Crippen LogP contribution in [0, 0.1) is 17.8 Å². The zero-order valence-corrected chi connectivity index (χ0v) is 66.8. The molecule has 0 spiro atoms. The highest BCUT2D eigenvalue weighted by Crippen LogP contribution is 2.45. The van der Waals surface area contributed by atoms with E-state index in [1.54, 1.807) is 0 Å². The van der Waals surface area contributed by atoms with Gasteiger partial charge in [0, 0.05) is 25.7 Å². The molecule has 0 bridgehead atoms. The van der Waals surface area contributed by atoms with Crippen molar-refractivity contribution >= 4 is 39.5 Å². The van der Waals surface area contributed by atoms with Crippen LogP contribution in [0.3, 0.4) is 0 Å². The molecule has 0 saturated heterocycles. The van der Waals surface area contributed by atoms with Gasteiger partial charge >= 0.3 is 39.5 Å². The molecule has 0 aliphatic heterocycles. The minimum absolute atomic E-state index is 0.106. The van der Waals surface area contributed by atoms with Crippen LogP contribution in [0.1, 0.15) is 414 Å². The van der Waals surface area contributed by atoms with Crippen LogP contribution >= 0.6 is 15.6 Å². The normalized spacial score (nSPS) is 14.0. The number of phosphoric ester groups is 2. The van der Waals surface area contributed by atoms with Crippen molar-refractivity contribution in [2.45, 2.75) is 433 Å². The van der Waals surface area contributed by atoms with Crippen molar-refractivity contribution in [2.75, 3.05) is 39.6 Å². The highest BCUT2D eigenvalue weighted by molar-refractivity contribution is 7.47. The quantitative estimate of drug-likeness (QED) is 0.0222. The van der Waals surface area contributed by atoms with Gasteiger partial charge in [-0.1, -0.05) is 363 Å². The Morgan fingerprint density at radius 2 is 0.465 bits per heavy atom. The lowest BCUT2D eigenvalue weighted by atomic mass is 10.0. The standard InChI is InChI=1S/C80H156O17P2/c1-8-9-10-11-12-13-14-15-16-17-18-19-20-21-26-34-42-49-56-63-79(84)96-75(67-90-77(82)61-54-47-40-33-25-23-22-24-30-37-44-51-58-71(2)3)69-94-98(86,87)92-65-74(81)66-93-99(88,89)95-70-76(68-91-78(83)62-55-48-41-36-29-32-39-46-53-60-73(6)7)97-80(85)64-57-50-43-35-28-27-31-38-45-52-59-72(4)5/h71-76,81H,8-70H2,1-7H3,(H,86,87)(H,88,89)/t74-,75-,76-/m1/s1. The number of unbranched alkanes of at least 4 members (excludes halogenated alkanes) is 46. The summed E-state index contributed by atoms with van der Waals surface area (Å²) in [5.74, 6) is 0.165. The zero-order chi connectivity index (χ0) is 73.0. The zero-order valence-electron chi connectivity index (χ0n) is 65.0. The molecule has 19 heteroatoms. The molecule has 99 heavy (non-hydrogen) atoms. The molecule has 0 aromatic carbocycles. The van der Waals surface area contributed by atoms with Crippen LogP contribution in [-0.2, 0) is 65.4 Å². The summed E-state index contributed by atoms with van der Waals surface area (Å²) in [6, 6.07) is 0. The summed E-state index contributed by atoms with van der Waals surface area (Å²) in [6.07, 6.45) is 58.3. The molecule has 5 atom stereocenters. The first-order chi connectivity index (χ1) is 47.7. The largest absolute Gasteiger partial charge is 0.472 e. The van der Waals surface area contributed by atoms with Gasteiger partial charge in [0.25, 0.3) is 0 Å². The monoisotopic (exact) mass is 1450 g/mol. The van der Waals surface area contributed by atoms with Crippen LogP contribution in [0.2, 0.25) is 0 Å². The van der Waals surface area contributed by atoms with E-state index in [0.29, 0.717) is 25.7 Å². The maximum absolute atomic E-state index is 13.1. The Kier molecular flexibility index (Phi) is 69.0. The number of rotatable bonds is 78. The predicted octanol–water partition coefficient (Wildman–Crippen LogP) is 23.7. The van der Waals surface area contributed by atoms with Crippen LogP contribution in [0.15, 0.2) is 0 Å².